The van der Waals surface area contributed by atoms with Crippen molar-refractivity contribution in [2.24, 2.45) is 0 Å². The van der Waals surface area contributed by atoms with Gasteiger partial charge in [0.1, 0.15) is 5.75 Å². The minimum Gasteiger partial charge on any atom is -0.496 e. The van der Waals surface area contributed by atoms with E-state index in [0.717, 1.165) is 18.7 Å². The number of nitro groups is 1. The number of likely N-dealkylation sites (N-methyl/N-ethyl adjacent to an activating group) is 1. The van der Waals surface area contributed by atoms with Crippen LogP contribution in [0.2, 0.25) is 0 Å². The van der Waals surface area contributed by atoms with E-state index in [1.165, 1.54) is 6.07 Å². The molecule has 1 heterocycles. The first-order valence-electron chi connectivity index (χ1n) is 5.84. The van der Waals surface area contributed by atoms with Crippen LogP contribution < -0.4 is 10.1 Å². The first-order valence-corrected chi connectivity index (χ1v) is 5.84. The Hall–Kier alpha value is -1.66. The summed E-state index contributed by atoms with van der Waals surface area (Å²) in [7, 11) is 3.60. The van der Waals surface area contributed by atoms with Gasteiger partial charge in [0.25, 0.3) is 5.69 Å². The summed E-state index contributed by atoms with van der Waals surface area (Å²) in [6.45, 7) is 2.58. The van der Waals surface area contributed by atoms with Gasteiger partial charge in [-0.3, -0.25) is 15.0 Å². The molecule has 6 nitrogen and oxygen atoms in total. The van der Waals surface area contributed by atoms with E-state index in [-0.39, 0.29) is 10.6 Å². The zero-order chi connectivity index (χ0) is 13.1. The third kappa shape index (κ3) is 2.60. The molecule has 98 valence electrons. The molecule has 1 aliphatic heterocycles. The van der Waals surface area contributed by atoms with Crippen LogP contribution in [-0.4, -0.2) is 43.1 Å². The van der Waals surface area contributed by atoms with Gasteiger partial charge in [-0.05, 0) is 13.1 Å². The van der Waals surface area contributed by atoms with Gasteiger partial charge < -0.3 is 10.1 Å². The Bertz CT molecular complexity index is 446. The zero-order valence-corrected chi connectivity index (χ0v) is 10.5. The lowest BCUT2D eigenvalue weighted by Crippen LogP contribution is -2.55. The number of ether oxygens (including phenoxy) is 1. The third-order valence-electron chi connectivity index (χ3n) is 3.28. The molecule has 1 N–H and O–H groups in total. The van der Waals surface area contributed by atoms with Gasteiger partial charge in [0.2, 0.25) is 0 Å². The zero-order valence-electron chi connectivity index (χ0n) is 10.5. The molecule has 0 amide bonds. The minimum atomic E-state index is -0.381. The summed E-state index contributed by atoms with van der Waals surface area (Å²) in [6.07, 6.45) is 0. The summed E-state index contributed by atoms with van der Waals surface area (Å²) in [5, 5.41) is 14.0. The average Bonchev–Trinajstić information content (AvgIpc) is 2.26. The first kappa shape index (κ1) is 12.8. The molecule has 1 aliphatic rings. The van der Waals surface area contributed by atoms with Gasteiger partial charge in [-0.25, -0.2) is 0 Å². The predicted octanol–water partition coefficient (Wildman–Crippen LogP) is 1.01. The number of hydrogen-bond acceptors (Lipinski definition) is 5. The molecular weight excluding hydrogens is 234 g/mol. The number of rotatable bonds is 5. The number of methoxy groups -OCH3 is 1. The van der Waals surface area contributed by atoms with Crippen LogP contribution in [0.4, 0.5) is 5.69 Å². The van der Waals surface area contributed by atoms with Crippen LogP contribution in [0.15, 0.2) is 18.2 Å². The van der Waals surface area contributed by atoms with Gasteiger partial charge in [0.05, 0.1) is 12.0 Å². The van der Waals surface area contributed by atoms with Gasteiger partial charge in [-0.2, -0.15) is 0 Å². The summed E-state index contributed by atoms with van der Waals surface area (Å²) >= 11 is 0. The fourth-order valence-corrected chi connectivity index (χ4v) is 1.99. The maximum Gasteiger partial charge on any atom is 0.270 e. The standard InChI is InChI=1S/C12H17N3O3/c1-14(11-6-13-7-11)8-9-5-10(15(16)17)3-4-12(9)18-2/h3-5,11,13H,6-8H2,1-2H3. The smallest absolute Gasteiger partial charge is 0.270 e. The van der Waals surface area contributed by atoms with E-state index in [1.807, 2.05) is 7.05 Å². The fourth-order valence-electron chi connectivity index (χ4n) is 1.99. The van der Waals surface area contributed by atoms with Gasteiger partial charge >= 0.3 is 0 Å². The molecule has 0 aliphatic carbocycles. The van der Waals surface area contributed by atoms with E-state index >= 15 is 0 Å². The van der Waals surface area contributed by atoms with Gasteiger partial charge in [-0.15, -0.1) is 0 Å². The van der Waals surface area contributed by atoms with Crippen LogP contribution in [0, 0.1) is 10.1 Å². The van der Waals surface area contributed by atoms with Crippen LogP contribution in [0.1, 0.15) is 5.56 Å². The summed E-state index contributed by atoms with van der Waals surface area (Å²) in [5.74, 6) is 0.694. The molecule has 1 aromatic rings. The molecule has 2 rings (SSSR count). The molecular formula is C12H17N3O3. The Balaban J connectivity index is 2.17. The predicted molar refractivity (Wildman–Crippen MR) is 67.8 cm³/mol. The van der Waals surface area contributed by atoms with Gasteiger partial charge in [0.15, 0.2) is 0 Å². The number of non-ortho nitro benzene ring substituents is 1. The molecule has 0 atom stereocenters. The largest absolute Gasteiger partial charge is 0.496 e. The topological polar surface area (TPSA) is 67.6 Å². The van der Waals surface area contributed by atoms with Gasteiger partial charge in [-0.1, -0.05) is 0 Å². The number of benzene rings is 1. The van der Waals surface area contributed by atoms with Crippen molar-refractivity contribution in [3.63, 3.8) is 0 Å². The van der Waals surface area contributed by atoms with Crippen molar-refractivity contribution < 1.29 is 9.66 Å². The summed E-state index contributed by atoms with van der Waals surface area (Å²) < 4.78 is 5.25. The molecule has 6 heteroatoms. The molecule has 18 heavy (non-hydrogen) atoms. The molecule has 0 radical (unpaired) electrons. The highest BCUT2D eigenvalue weighted by molar-refractivity contribution is 5.43. The number of nitrogens with one attached hydrogen (secondary N) is 1. The Morgan fingerprint density at radius 2 is 2.28 bits per heavy atom. The van der Waals surface area contributed by atoms with Crippen molar-refractivity contribution in [3.8, 4) is 5.75 Å². The normalized spacial score (nSPS) is 15.5. The van der Waals surface area contributed by atoms with Crippen LogP contribution in [0.5, 0.6) is 5.75 Å². The average molecular weight is 251 g/mol. The SMILES string of the molecule is COc1ccc([N+](=O)[O-])cc1CN(C)C1CNC1. The van der Waals surface area contributed by atoms with Crippen LogP contribution in [0.25, 0.3) is 0 Å². The Morgan fingerprint density at radius 3 is 2.78 bits per heavy atom. The van der Waals surface area contributed by atoms with E-state index in [1.54, 1.807) is 19.2 Å². The first-order chi connectivity index (χ1) is 8.61. The highest BCUT2D eigenvalue weighted by Gasteiger charge is 2.23. The maximum atomic E-state index is 10.8. The molecule has 1 saturated heterocycles. The Morgan fingerprint density at radius 1 is 1.56 bits per heavy atom. The second kappa shape index (κ2) is 5.32. The Kier molecular flexibility index (Phi) is 3.78. The Labute approximate surface area is 106 Å². The lowest BCUT2D eigenvalue weighted by Gasteiger charge is -2.35. The summed E-state index contributed by atoms with van der Waals surface area (Å²) in [5.41, 5.74) is 0.951. The molecule has 0 unspecified atom stereocenters. The lowest BCUT2D eigenvalue weighted by molar-refractivity contribution is -0.385. The molecule has 1 aromatic carbocycles. The molecule has 0 bridgehead atoms. The van der Waals surface area contributed by atoms with Crippen LogP contribution >= 0.6 is 0 Å². The van der Waals surface area contributed by atoms with Crippen molar-refractivity contribution in [1.82, 2.24) is 10.2 Å². The minimum absolute atomic E-state index is 0.103. The van der Waals surface area contributed by atoms with E-state index in [4.69, 9.17) is 4.74 Å². The molecule has 0 saturated carbocycles. The number of nitro benzene ring substituents is 1. The quantitative estimate of drug-likeness (QED) is 0.625. The highest BCUT2D eigenvalue weighted by Crippen LogP contribution is 2.25. The van der Waals surface area contributed by atoms with E-state index < -0.39 is 0 Å². The molecule has 1 fully saturated rings. The second-order valence-corrected chi connectivity index (χ2v) is 4.48. The number of nitrogens with zero attached hydrogens (tertiary/aromatic N) is 2. The van der Waals surface area contributed by atoms with E-state index in [9.17, 15) is 10.1 Å². The van der Waals surface area contributed by atoms with Crippen molar-refractivity contribution in [2.75, 3.05) is 27.2 Å². The lowest BCUT2D eigenvalue weighted by atomic mass is 10.1. The summed E-state index contributed by atoms with van der Waals surface area (Å²) in [4.78, 5) is 12.6. The monoisotopic (exact) mass is 251 g/mol. The van der Waals surface area contributed by atoms with Crippen molar-refractivity contribution in [1.29, 1.82) is 0 Å². The van der Waals surface area contributed by atoms with Crippen LogP contribution in [0.3, 0.4) is 0 Å². The van der Waals surface area contributed by atoms with Gasteiger partial charge in [0, 0.05) is 43.4 Å². The van der Waals surface area contributed by atoms with Crippen molar-refractivity contribution in [3.05, 3.63) is 33.9 Å². The van der Waals surface area contributed by atoms with E-state index in [0.29, 0.717) is 18.3 Å². The van der Waals surface area contributed by atoms with E-state index in [2.05, 4.69) is 10.2 Å². The second-order valence-electron chi connectivity index (χ2n) is 4.48. The van der Waals surface area contributed by atoms with Crippen LogP contribution in [-0.2, 0) is 6.54 Å². The molecule has 0 aromatic heterocycles. The fraction of sp³-hybridized carbons (Fsp3) is 0.500. The summed E-state index contributed by atoms with van der Waals surface area (Å²) in [6, 6.07) is 5.20. The maximum absolute atomic E-state index is 10.8. The molecule has 0 spiro atoms. The van der Waals surface area contributed by atoms with Crippen molar-refractivity contribution >= 4 is 5.69 Å². The number of hydrogen-bond donors (Lipinski definition) is 1. The third-order valence-corrected chi connectivity index (χ3v) is 3.28. The van der Waals surface area contributed by atoms with Crippen molar-refractivity contribution in [2.45, 2.75) is 12.6 Å². The highest BCUT2D eigenvalue weighted by atomic mass is 16.6.